The number of nitrogens with zero attached hydrogens (tertiary/aromatic N) is 1. The number of rotatable bonds is 6. The monoisotopic (exact) mass is 265 g/mol. The average molecular weight is 265 g/mol. The minimum absolute atomic E-state index is 0.117. The summed E-state index contributed by atoms with van der Waals surface area (Å²) in [6, 6.07) is 3.27. The topological polar surface area (TPSA) is 91.3 Å². The van der Waals surface area contributed by atoms with Crippen molar-refractivity contribution in [1.82, 2.24) is 10.3 Å². The van der Waals surface area contributed by atoms with E-state index in [4.69, 9.17) is 5.11 Å². The van der Waals surface area contributed by atoms with Gasteiger partial charge in [-0.1, -0.05) is 6.92 Å². The zero-order valence-electron chi connectivity index (χ0n) is 11.1. The van der Waals surface area contributed by atoms with Crippen LogP contribution in [0.1, 0.15) is 25.5 Å². The maximum Gasteiger partial charge on any atom is 0.319 e. The molecule has 1 atom stereocenters. The predicted molar refractivity (Wildman–Crippen MR) is 72.0 cm³/mol. The fraction of sp³-hybridized carbons (Fsp3) is 0.462. The van der Waals surface area contributed by atoms with Crippen LogP contribution in [0.5, 0.6) is 0 Å². The Morgan fingerprint density at radius 3 is 2.74 bits per heavy atom. The van der Waals surface area contributed by atoms with Crippen LogP contribution in [0.3, 0.4) is 0 Å². The molecule has 0 radical (unpaired) electrons. The van der Waals surface area contributed by atoms with Crippen LogP contribution in [-0.4, -0.2) is 28.6 Å². The lowest BCUT2D eigenvalue weighted by atomic mass is 10.1. The normalized spacial score (nSPS) is 11.7. The average Bonchev–Trinajstić information content (AvgIpc) is 2.36. The van der Waals surface area contributed by atoms with E-state index in [1.54, 1.807) is 12.3 Å². The summed E-state index contributed by atoms with van der Waals surface area (Å²) in [4.78, 5) is 26.0. The largest absolute Gasteiger partial charge is 0.481 e. The van der Waals surface area contributed by atoms with E-state index in [0.29, 0.717) is 18.7 Å². The number of amides is 2. The van der Waals surface area contributed by atoms with Gasteiger partial charge in [0.1, 0.15) is 0 Å². The van der Waals surface area contributed by atoms with Gasteiger partial charge >= 0.3 is 12.0 Å². The van der Waals surface area contributed by atoms with E-state index in [9.17, 15) is 9.59 Å². The van der Waals surface area contributed by atoms with Crippen LogP contribution in [0.25, 0.3) is 0 Å². The van der Waals surface area contributed by atoms with Crippen molar-refractivity contribution in [2.75, 3.05) is 11.9 Å². The molecule has 0 bridgehead atoms. The third kappa shape index (κ3) is 6.40. The Bertz CT molecular complexity index is 431. The summed E-state index contributed by atoms with van der Waals surface area (Å²) in [5.41, 5.74) is 1.51. The number of hydrogen-bond donors (Lipinski definition) is 3. The van der Waals surface area contributed by atoms with Gasteiger partial charge in [-0.3, -0.25) is 9.78 Å². The molecule has 6 heteroatoms. The van der Waals surface area contributed by atoms with Crippen molar-refractivity contribution in [3.05, 3.63) is 24.0 Å². The summed E-state index contributed by atoms with van der Waals surface area (Å²) in [5, 5.41) is 13.9. The lowest BCUT2D eigenvalue weighted by Gasteiger charge is -2.12. The van der Waals surface area contributed by atoms with Crippen LogP contribution in [0.15, 0.2) is 18.3 Å². The van der Waals surface area contributed by atoms with Crippen LogP contribution in [0.4, 0.5) is 10.5 Å². The second-order valence-electron chi connectivity index (χ2n) is 4.56. The number of aryl methyl sites for hydroxylation is 1. The summed E-state index contributed by atoms with van der Waals surface area (Å²) in [5.74, 6) is -0.694. The maximum absolute atomic E-state index is 11.6. The van der Waals surface area contributed by atoms with Crippen LogP contribution >= 0.6 is 0 Å². The van der Waals surface area contributed by atoms with E-state index in [0.717, 1.165) is 5.69 Å². The van der Waals surface area contributed by atoms with E-state index >= 15 is 0 Å². The minimum Gasteiger partial charge on any atom is -0.481 e. The summed E-state index contributed by atoms with van der Waals surface area (Å²) in [6.07, 6.45) is 2.25. The molecule has 1 unspecified atom stereocenters. The van der Waals surface area contributed by atoms with Crippen molar-refractivity contribution < 1.29 is 14.7 Å². The van der Waals surface area contributed by atoms with Crippen molar-refractivity contribution in [1.29, 1.82) is 0 Å². The van der Waals surface area contributed by atoms with Gasteiger partial charge in [-0.05, 0) is 31.4 Å². The fourth-order valence-corrected chi connectivity index (χ4v) is 1.46. The molecule has 0 aliphatic rings. The molecule has 6 nitrogen and oxygen atoms in total. The number of nitrogens with one attached hydrogen (secondary N) is 2. The number of carbonyl (C=O) groups excluding carboxylic acids is 1. The van der Waals surface area contributed by atoms with Gasteiger partial charge in [0.25, 0.3) is 0 Å². The zero-order valence-corrected chi connectivity index (χ0v) is 11.1. The molecule has 1 aromatic heterocycles. The minimum atomic E-state index is -0.818. The molecule has 0 aromatic carbocycles. The Kier molecular flexibility index (Phi) is 5.78. The van der Waals surface area contributed by atoms with E-state index in [1.165, 1.54) is 0 Å². The van der Waals surface area contributed by atoms with E-state index in [-0.39, 0.29) is 18.4 Å². The molecule has 19 heavy (non-hydrogen) atoms. The number of carbonyl (C=O) groups is 2. The molecular weight excluding hydrogens is 246 g/mol. The van der Waals surface area contributed by atoms with Gasteiger partial charge in [0.05, 0.1) is 11.9 Å². The standard InChI is InChI=1S/C13H19N3O3/c1-9(3-6-12(17)18)7-15-13(19)16-11-5-4-10(2)14-8-11/h4-5,8-9H,3,6-7H2,1-2H3,(H,17,18)(H2,15,16,19). The van der Waals surface area contributed by atoms with Gasteiger partial charge in [0.2, 0.25) is 0 Å². The number of hydrogen-bond acceptors (Lipinski definition) is 3. The van der Waals surface area contributed by atoms with E-state index in [1.807, 2.05) is 19.9 Å². The van der Waals surface area contributed by atoms with Crippen molar-refractivity contribution in [3.8, 4) is 0 Å². The number of anilines is 1. The highest BCUT2D eigenvalue weighted by Crippen LogP contribution is 2.06. The van der Waals surface area contributed by atoms with Gasteiger partial charge in [-0.25, -0.2) is 4.79 Å². The van der Waals surface area contributed by atoms with E-state index < -0.39 is 5.97 Å². The highest BCUT2D eigenvalue weighted by Gasteiger charge is 2.07. The molecule has 0 aliphatic heterocycles. The van der Waals surface area contributed by atoms with Crippen molar-refractivity contribution in [2.45, 2.75) is 26.7 Å². The summed E-state index contributed by atoms with van der Waals surface area (Å²) in [6.45, 7) is 4.21. The number of urea groups is 1. The summed E-state index contributed by atoms with van der Waals surface area (Å²) >= 11 is 0. The molecular formula is C13H19N3O3. The van der Waals surface area contributed by atoms with Crippen molar-refractivity contribution in [3.63, 3.8) is 0 Å². The Labute approximate surface area is 112 Å². The summed E-state index contributed by atoms with van der Waals surface area (Å²) in [7, 11) is 0. The molecule has 1 rings (SSSR count). The molecule has 3 N–H and O–H groups in total. The first-order valence-corrected chi connectivity index (χ1v) is 6.16. The number of pyridine rings is 1. The second kappa shape index (κ2) is 7.35. The molecule has 104 valence electrons. The highest BCUT2D eigenvalue weighted by molar-refractivity contribution is 5.88. The Hall–Kier alpha value is -2.11. The Balaban J connectivity index is 2.27. The van der Waals surface area contributed by atoms with Gasteiger partial charge in [-0.15, -0.1) is 0 Å². The Morgan fingerprint density at radius 2 is 2.16 bits per heavy atom. The lowest BCUT2D eigenvalue weighted by Crippen LogP contribution is -2.32. The first-order valence-electron chi connectivity index (χ1n) is 6.16. The smallest absolute Gasteiger partial charge is 0.319 e. The van der Waals surface area contributed by atoms with Crippen molar-refractivity contribution >= 4 is 17.7 Å². The molecule has 0 fully saturated rings. The van der Waals surface area contributed by atoms with Gasteiger partial charge in [0, 0.05) is 18.7 Å². The van der Waals surface area contributed by atoms with E-state index in [2.05, 4.69) is 15.6 Å². The molecule has 0 saturated carbocycles. The molecule has 1 aromatic rings. The molecule has 0 aliphatic carbocycles. The number of aliphatic carboxylic acids is 1. The molecule has 0 saturated heterocycles. The van der Waals surface area contributed by atoms with Crippen molar-refractivity contribution in [2.24, 2.45) is 5.92 Å². The van der Waals surface area contributed by atoms with Gasteiger partial charge in [0.15, 0.2) is 0 Å². The van der Waals surface area contributed by atoms with Crippen LogP contribution in [0, 0.1) is 12.8 Å². The van der Waals surface area contributed by atoms with Crippen LogP contribution in [0.2, 0.25) is 0 Å². The first kappa shape index (κ1) is 14.9. The first-order chi connectivity index (χ1) is 8.97. The van der Waals surface area contributed by atoms with Crippen LogP contribution < -0.4 is 10.6 Å². The highest BCUT2D eigenvalue weighted by atomic mass is 16.4. The molecule has 0 spiro atoms. The Morgan fingerprint density at radius 1 is 1.42 bits per heavy atom. The molecule has 2 amide bonds. The number of aromatic nitrogens is 1. The zero-order chi connectivity index (χ0) is 14.3. The second-order valence-corrected chi connectivity index (χ2v) is 4.56. The lowest BCUT2D eigenvalue weighted by molar-refractivity contribution is -0.137. The predicted octanol–water partition coefficient (Wildman–Crippen LogP) is 2.01. The SMILES string of the molecule is Cc1ccc(NC(=O)NCC(C)CCC(=O)O)cn1. The van der Waals surface area contributed by atoms with Gasteiger partial charge in [-0.2, -0.15) is 0 Å². The van der Waals surface area contributed by atoms with Gasteiger partial charge < -0.3 is 15.7 Å². The van der Waals surface area contributed by atoms with Crippen LogP contribution in [-0.2, 0) is 4.79 Å². The number of carboxylic acid groups (broad SMARTS) is 1. The fourth-order valence-electron chi connectivity index (χ4n) is 1.46. The third-order valence-electron chi connectivity index (χ3n) is 2.63. The maximum atomic E-state index is 11.6. The summed E-state index contributed by atoms with van der Waals surface area (Å²) < 4.78 is 0. The molecule has 1 heterocycles. The quantitative estimate of drug-likeness (QED) is 0.733. The third-order valence-corrected chi connectivity index (χ3v) is 2.63. The number of carboxylic acids is 1.